The van der Waals surface area contributed by atoms with Gasteiger partial charge in [0.25, 0.3) is 5.91 Å². The van der Waals surface area contributed by atoms with Crippen LogP contribution >= 0.6 is 0 Å². The summed E-state index contributed by atoms with van der Waals surface area (Å²) in [6, 6.07) is 4.08. The zero-order chi connectivity index (χ0) is 13.3. The Morgan fingerprint density at radius 1 is 1.44 bits per heavy atom. The third-order valence-electron chi connectivity index (χ3n) is 2.77. The van der Waals surface area contributed by atoms with Crippen LogP contribution in [0.5, 0.6) is 0 Å². The Kier molecular flexibility index (Phi) is 3.01. The lowest BCUT2D eigenvalue weighted by Gasteiger charge is -2.16. The van der Waals surface area contributed by atoms with E-state index >= 15 is 0 Å². The molecular weight excluding hydrogens is 236 g/mol. The predicted molar refractivity (Wildman–Crippen MR) is 63.6 cm³/mol. The molecule has 0 fully saturated rings. The topological polar surface area (TPSA) is 86.7 Å². The summed E-state index contributed by atoms with van der Waals surface area (Å²) in [7, 11) is 0. The third kappa shape index (κ3) is 2.04. The molecular formula is C12H12N2O4. The minimum absolute atomic E-state index is 0.0214. The second-order valence-corrected chi connectivity index (χ2v) is 3.93. The Labute approximate surface area is 103 Å². The van der Waals surface area contributed by atoms with Crippen LogP contribution in [0.3, 0.4) is 0 Å². The zero-order valence-corrected chi connectivity index (χ0v) is 9.77. The molecule has 1 aliphatic heterocycles. The summed E-state index contributed by atoms with van der Waals surface area (Å²) in [5.41, 5.74) is 0.598. The first-order chi connectivity index (χ1) is 8.52. The lowest BCUT2D eigenvalue weighted by Crippen LogP contribution is -2.34. The summed E-state index contributed by atoms with van der Waals surface area (Å²) in [6.07, 6.45) is 0. The number of rotatable bonds is 2. The fourth-order valence-corrected chi connectivity index (χ4v) is 1.83. The number of nitrogens with zero attached hydrogens (tertiary/aromatic N) is 1. The van der Waals surface area contributed by atoms with E-state index in [9.17, 15) is 14.4 Å². The van der Waals surface area contributed by atoms with Gasteiger partial charge in [-0.05, 0) is 25.1 Å². The molecule has 1 heterocycles. The summed E-state index contributed by atoms with van der Waals surface area (Å²) in [5, 5.41) is 11.4. The van der Waals surface area contributed by atoms with Gasteiger partial charge in [-0.15, -0.1) is 0 Å². The van der Waals surface area contributed by atoms with E-state index in [4.69, 9.17) is 5.11 Å². The maximum Gasteiger partial charge on any atom is 0.335 e. The maximum atomic E-state index is 12.1. The number of carbonyl (C=O) groups is 3. The molecule has 0 radical (unpaired) electrons. The van der Waals surface area contributed by atoms with E-state index in [-0.39, 0.29) is 29.6 Å². The van der Waals surface area contributed by atoms with Crippen LogP contribution < -0.4 is 5.32 Å². The van der Waals surface area contributed by atoms with E-state index in [1.165, 1.54) is 23.1 Å². The quantitative estimate of drug-likeness (QED) is 0.810. The molecule has 1 aromatic carbocycles. The molecule has 2 N–H and O–H groups in total. The lowest BCUT2D eigenvalue weighted by atomic mass is 10.1. The molecule has 94 valence electrons. The molecule has 2 rings (SSSR count). The van der Waals surface area contributed by atoms with Crippen LogP contribution in [-0.2, 0) is 4.79 Å². The molecule has 1 aromatic rings. The molecule has 2 amide bonds. The van der Waals surface area contributed by atoms with Crippen molar-refractivity contribution in [3.63, 3.8) is 0 Å². The van der Waals surface area contributed by atoms with Gasteiger partial charge in [0.2, 0.25) is 5.91 Å². The predicted octanol–water partition coefficient (Wildman–Crippen LogP) is 0.799. The molecule has 6 nitrogen and oxygen atoms in total. The third-order valence-corrected chi connectivity index (χ3v) is 2.77. The van der Waals surface area contributed by atoms with Crippen molar-refractivity contribution in [2.45, 2.75) is 6.92 Å². The summed E-state index contributed by atoms with van der Waals surface area (Å²) in [5.74, 6) is -1.70. The van der Waals surface area contributed by atoms with Crippen LogP contribution in [0.1, 0.15) is 27.6 Å². The van der Waals surface area contributed by atoms with Gasteiger partial charge in [0, 0.05) is 6.54 Å². The fraction of sp³-hybridized carbons (Fsp3) is 0.250. The second kappa shape index (κ2) is 4.48. The van der Waals surface area contributed by atoms with E-state index < -0.39 is 5.97 Å². The number of likely N-dealkylation sites (N-methyl/N-ethyl adjacent to an activating group) is 1. The van der Waals surface area contributed by atoms with Crippen molar-refractivity contribution in [3.8, 4) is 0 Å². The summed E-state index contributed by atoms with van der Waals surface area (Å²) >= 11 is 0. The van der Waals surface area contributed by atoms with Gasteiger partial charge in [0.05, 0.1) is 16.8 Å². The van der Waals surface area contributed by atoms with Crippen molar-refractivity contribution >= 4 is 23.5 Å². The van der Waals surface area contributed by atoms with E-state index in [1.54, 1.807) is 6.92 Å². The minimum atomic E-state index is -1.10. The lowest BCUT2D eigenvalue weighted by molar-refractivity contribution is -0.116. The maximum absolute atomic E-state index is 12.1. The Balaban J connectivity index is 2.51. The first-order valence-electron chi connectivity index (χ1n) is 5.49. The SMILES string of the molecule is CCN1CC(=O)Nc2cc(C(=O)O)ccc2C1=O. The Morgan fingerprint density at radius 3 is 2.78 bits per heavy atom. The van der Waals surface area contributed by atoms with E-state index in [0.29, 0.717) is 12.1 Å². The molecule has 6 heteroatoms. The number of aromatic carboxylic acids is 1. The summed E-state index contributed by atoms with van der Waals surface area (Å²) in [6.45, 7) is 2.18. The highest BCUT2D eigenvalue weighted by Crippen LogP contribution is 2.22. The Hall–Kier alpha value is -2.37. The van der Waals surface area contributed by atoms with Crippen LogP contribution in [0.15, 0.2) is 18.2 Å². The standard InChI is InChI=1S/C12H12N2O4/c1-2-14-6-10(15)13-9-5-7(12(17)18)3-4-8(9)11(14)16/h3-5H,2,6H2,1H3,(H,13,15)(H,17,18). The highest BCUT2D eigenvalue weighted by Gasteiger charge is 2.25. The smallest absolute Gasteiger partial charge is 0.335 e. The molecule has 0 saturated carbocycles. The zero-order valence-electron chi connectivity index (χ0n) is 9.77. The van der Waals surface area contributed by atoms with Gasteiger partial charge in [-0.1, -0.05) is 0 Å². The second-order valence-electron chi connectivity index (χ2n) is 3.93. The van der Waals surface area contributed by atoms with Gasteiger partial charge >= 0.3 is 5.97 Å². The molecule has 18 heavy (non-hydrogen) atoms. The molecule has 1 aliphatic rings. The fourth-order valence-electron chi connectivity index (χ4n) is 1.83. The van der Waals surface area contributed by atoms with Crippen molar-refractivity contribution in [2.75, 3.05) is 18.4 Å². The normalized spacial score (nSPS) is 14.8. The number of benzene rings is 1. The minimum Gasteiger partial charge on any atom is -0.478 e. The molecule has 0 unspecified atom stereocenters. The van der Waals surface area contributed by atoms with Crippen LogP contribution in [0.4, 0.5) is 5.69 Å². The van der Waals surface area contributed by atoms with Crippen molar-refractivity contribution in [3.05, 3.63) is 29.3 Å². The first kappa shape index (κ1) is 12.1. The molecule has 0 bridgehead atoms. The number of amides is 2. The van der Waals surface area contributed by atoms with Crippen LogP contribution in [0, 0.1) is 0 Å². The average molecular weight is 248 g/mol. The van der Waals surface area contributed by atoms with E-state index in [1.807, 2.05) is 0 Å². The van der Waals surface area contributed by atoms with Gasteiger partial charge in [-0.25, -0.2) is 4.79 Å². The van der Waals surface area contributed by atoms with Gasteiger partial charge in [0.1, 0.15) is 6.54 Å². The van der Waals surface area contributed by atoms with Crippen LogP contribution in [0.25, 0.3) is 0 Å². The Morgan fingerprint density at radius 2 is 2.17 bits per heavy atom. The number of anilines is 1. The molecule has 0 saturated heterocycles. The monoisotopic (exact) mass is 248 g/mol. The number of carboxylic acids is 1. The number of nitrogens with one attached hydrogen (secondary N) is 1. The molecule has 0 aliphatic carbocycles. The van der Waals surface area contributed by atoms with Crippen molar-refractivity contribution in [2.24, 2.45) is 0 Å². The number of carbonyl (C=O) groups excluding carboxylic acids is 2. The van der Waals surface area contributed by atoms with Crippen LogP contribution in [0.2, 0.25) is 0 Å². The molecule has 0 spiro atoms. The van der Waals surface area contributed by atoms with Crippen molar-refractivity contribution in [1.82, 2.24) is 4.90 Å². The average Bonchev–Trinajstić information content (AvgIpc) is 2.45. The highest BCUT2D eigenvalue weighted by molar-refractivity contribution is 6.09. The number of fused-ring (bicyclic) bond motifs is 1. The van der Waals surface area contributed by atoms with Crippen molar-refractivity contribution < 1.29 is 19.5 Å². The molecule has 0 aromatic heterocycles. The Bertz CT molecular complexity index is 539. The summed E-state index contributed by atoms with van der Waals surface area (Å²) in [4.78, 5) is 35.9. The molecule has 0 atom stereocenters. The van der Waals surface area contributed by atoms with E-state index in [2.05, 4.69) is 5.32 Å². The van der Waals surface area contributed by atoms with Gasteiger partial charge in [-0.3, -0.25) is 9.59 Å². The van der Waals surface area contributed by atoms with Crippen LogP contribution in [-0.4, -0.2) is 40.9 Å². The number of hydrogen-bond acceptors (Lipinski definition) is 3. The largest absolute Gasteiger partial charge is 0.478 e. The highest BCUT2D eigenvalue weighted by atomic mass is 16.4. The van der Waals surface area contributed by atoms with E-state index in [0.717, 1.165) is 0 Å². The van der Waals surface area contributed by atoms with Crippen molar-refractivity contribution in [1.29, 1.82) is 0 Å². The van der Waals surface area contributed by atoms with Gasteiger partial charge in [0.15, 0.2) is 0 Å². The van der Waals surface area contributed by atoms with Gasteiger partial charge < -0.3 is 15.3 Å². The van der Waals surface area contributed by atoms with Gasteiger partial charge in [-0.2, -0.15) is 0 Å². The first-order valence-corrected chi connectivity index (χ1v) is 5.49. The number of hydrogen-bond donors (Lipinski definition) is 2. The summed E-state index contributed by atoms with van der Waals surface area (Å²) < 4.78 is 0. The number of carboxylic acid groups (broad SMARTS) is 1.